The van der Waals surface area contributed by atoms with Crippen LogP contribution in [0.3, 0.4) is 0 Å². The van der Waals surface area contributed by atoms with E-state index in [0.717, 1.165) is 70.6 Å². The van der Waals surface area contributed by atoms with Crippen molar-refractivity contribution < 1.29 is 9.47 Å². The number of ether oxygens (including phenoxy) is 2. The highest BCUT2D eigenvalue weighted by Gasteiger charge is 2.32. The molecule has 0 spiro atoms. The van der Waals surface area contributed by atoms with Gasteiger partial charge in [-0.3, -0.25) is 4.99 Å². The van der Waals surface area contributed by atoms with Crippen molar-refractivity contribution in [2.45, 2.75) is 57.3 Å². The van der Waals surface area contributed by atoms with E-state index in [1.165, 1.54) is 31.2 Å². The van der Waals surface area contributed by atoms with Gasteiger partial charge in [-0.05, 0) is 43.4 Å². The third-order valence-electron chi connectivity index (χ3n) is 6.17. The second kappa shape index (κ2) is 12.0. The Kier molecular flexibility index (Phi) is 9.45. The minimum atomic E-state index is 0. The second-order valence-corrected chi connectivity index (χ2v) is 8.23. The summed E-state index contributed by atoms with van der Waals surface area (Å²) in [6.07, 6.45) is 9.73. The second-order valence-electron chi connectivity index (χ2n) is 8.23. The lowest BCUT2D eigenvalue weighted by Gasteiger charge is -2.37. The molecule has 1 aromatic rings. The molecule has 1 N–H and O–H groups in total. The van der Waals surface area contributed by atoms with Crippen molar-refractivity contribution in [3.8, 4) is 0 Å². The average Bonchev–Trinajstić information content (AvgIpc) is 3.17. The van der Waals surface area contributed by atoms with Gasteiger partial charge in [-0.25, -0.2) is 4.98 Å². The summed E-state index contributed by atoms with van der Waals surface area (Å²) in [4.78, 5) is 13.9. The van der Waals surface area contributed by atoms with Gasteiger partial charge in [-0.15, -0.1) is 24.0 Å². The molecule has 1 aromatic heterocycles. The summed E-state index contributed by atoms with van der Waals surface area (Å²) >= 11 is 0. The number of guanidine groups is 1. The van der Waals surface area contributed by atoms with Gasteiger partial charge in [0.2, 0.25) is 0 Å². The maximum absolute atomic E-state index is 5.98. The Morgan fingerprint density at radius 2 is 1.90 bits per heavy atom. The van der Waals surface area contributed by atoms with Gasteiger partial charge in [0, 0.05) is 52.6 Å². The number of aromatic nitrogens is 1. The normalized spacial score (nSPS) is 25.6. The van der Waals surface area contributed by atoms with Crippen molar-refractivity contribution >= 4 is 35.8 Å². The van der Waals surface area contributed by atoms with E-state index in [1.54, 1.807) is 0 Å². The SMILES string of the molecule is CN=C(NCc1ccnc(N2CCCCCC2)c1)N1CCOC(C2CCCO2)C1.I. The first-order chi connectivity index (χ1) is 14.3. The monoisotopic (exact) mass is 529 g/mol. The number of rotatable bonds is 4. The molecule has 0 aromatic carbocycles. The molecule has 0 bridgehead atoms. The zero-order valence-corrected chi connectivity index (χ0v) is 20.4. The van der Waals surface area contributed by atoms with Crippen LogP contribution in [0.25, 0.3) is 0 Å². The quantitative estimate of drug-likeness (QED) is 0.368. The number of morpholine rings is 1. The van der Waals surface area contributed by atoms with E-state index >= 15 is 0 Å². The molecule has 8 heteroatoms. The van der Waals surface area contributed by atoms with Crippen LogP contribution in [0, 0.1) is 0 Å². The fourth-order valence-electron chi connectivity index (χ4n) is 4.55. The lowest BCUT2D eigenvalue weighted by atomic mass is 10.1. The molecule has 4 rings (SSSR count). The van der Waals surface area contributed by atoms with E-state index in [-0.39, 0.29) is 36.2 Å². The molecule has 7 nitrogen and oxygen atoms in total. The first-order valence-corrected chi connectivity index (χ1v) is 11.2. The Balaban J connectivity index is 0.00000256. The molecule has 3 fully saturated rings. The van der Waals surface area contributed by atoms with Crippen LogP contribution in [0.5, 0.6) is 0 Å². The number of nitrogens with one attached hydrogen (secondary N) is 1. The largest absolute Gasteiger partial charge is 0.375 e. The first-order valence-electron chi connectivity index (χ1n) is 11.2. The number of pyridine rings is 1. The van der Waals surface area contributed by atoms with E-state index in [4.69, 9.17) is 9.47 Å². The number of halogens is 1. The minimum Gasteiger partial charge on any atom is -0.375 e. The topological polar surface area (TPSA) is 62.2 Å². The van der Waals surface area contributed by atoms with Crippen LogP contribution in [-0.4, -0.2) is 74.5 Å². The molecule has 4 heterocycles. The van der Waals surface area contributed by atoms with Gasteiger partial charge < -0.3 is 24.6 Å². The van der Waals surface area contributed by atoms with Crippen molar-refractivity contribution in [1.29, 1.82) is 0 Å². The molecule has 3 aliphatic heterocycles. The van der Waals surface area contributed by atoms with Gasteiger partial charge in [0.05, 0.1) is 12.7 Å². The number of aliphatic imine (C=N–C) groups is 1. The Hall–Kier alpha value is -1.13. The summed E-state index contributed by atoms with van der Waals surface area (Å²) < 4.78 is 11.8. The third kappa shape index (κ3) is 6.20. The van der Waals surface area contributed by atoms with E-state index in [1.807, 2.05) is 13.2 Å². The highest BCUT2D eigenvalue weighted by molar-refractivity contribution is 14.0. The van der Waals surface area contributed by atoms with Crippen LogP contribution in [0.15, 0.2) is 23.3 Å². The minimum absolute atomic E-state index is 0. The zero-order valence-electron chi connectivity index (χ0n) is 18.1. The molecule has 0 saturated carbocycles. The molecule has 30 heavy (non-hydrogen) atoms. The van der Waals surface area contributed by atoms with Crippen LogP contribution in [-0.2, 0) is 16.0 Å². The van der Waals surface area contributed by atoms with Gasteiger partial charge in [0.1, 0.15) is 11.9 Å². The number of hydrogen-bond acceptors (Lipinski definition) is 5. The Morgan fingerprint density at radius 3 is 2.63 bits per heavy atom. The van der Waals surface area contributed by atoms with Crippen LogP contribution in [0.4, 0.5) is 5.82 Å². The van der Waals surface area contributed by atoms with Crippen molar-refractivity contribution in [3.63, 3.8) is 0 Å². The smallest absolute Gasteiger partial charge is 0.194 e. The number of nitrogens with zero attached hydrogens (tertiary/aromatic N) is 4. The average molecular weight is 529 g/mol. The third-order valence-corrected chi connectivity index (χ3v) is 6.17. The number of anilines is 1. The van der Waals surface area contributed by atoms with Gasteiger partial charge in [-0.2, -0.15) is 0 Å². The molecular weight excluding hydrogens is 493 g/mol. The van der Waals surface area contributed by atoms with E-state index < -0.39 is 0 Å². The van der Waals surface area contributed by atoms with Crippen molar-refractivity contribution in [2.24, 2.45) is 4.99 Å². The zero-order chi connectivity index (χ0) is 19.9. The first kappa shape index (κ1) is 23.5. The summed E-state index contributed by atoms with van der Waals surface area (Å²) in [6, 6.07) is 4.32. The molecule has 0 radical (unpaired) electrons. The highest BCUT2D eigenvalue weighted by atomic mass is 127. The predicted molar refractivity (Wildman–Crippen MR) is 131 cm³/mol. The van der Waals surface area contributed by atoms with Gasteiger partial charge >= 0.3 is 0 Å². The molecule has 3 saturated heterocycles. The van der Waals surface area contributed by atoms with Crippen molar-refractivity contribution in [1.82, 2.24) is 15.2 Å². The molecule has 0 amide bonds. The van der Waals surface area contributed by atoms with Crippen LogP contribution < -0.4 is 10.2 Å². The van der Waals surface area contributed by atoms with Gasteiger partial charge in [0.15, 0.2) is 5.96 Å². The van der Waals surface area contributed by atoms with E-state index in [2.05, 4.69) is 37.2 Å². The van der Waals surface area contributed by atoms with Crippen molar-refractivity contribution in [3.05, 3.63) is 23.9 Å². The molecule has 168 valence electrons. The Morgan fingerprint density at radius 1 is 1.10 bits per heavy atom. The maximum Gasteiger partial charge on any atom is 0.194 e. The van der Waals surface area contributed by atoms with Crippen LogP contribution in [0.2, 0.25) is 0 Å². The molecular formula is C22H36IN5O2. The lowest BCUT2D eigenvalue weighted by Crippen LogP contribution is -2.53. The maximum atomic E-state index is 5.98. The molecule has 2 atom stereocenters. The summed E-state index contributed by atoms with van der Waals surface area (Å²) in [7, 11) is 1.86. The van der Waals surface area contributed by atoms with Crippen LogP contribution in [0.1, 0.15) is 44.1 Å². The van der Waals surface area contributed by atoms with Gasteiger partial charge in [-0.1, -0.05) is 12.8 Å². The molecule has 3 aliphatic rings. The summed E-state index contributed by atoms with van der Waals surface area (Å²) in [5.74, 6) is 2.04. The Bertz CT molecular complexity index is 675. The number of hydrogen-bond donors (Lipinski definition) is 1. The highest BCUT2D eigenvalue weighted by Crippen LogP contribution is 2.21. The predicted octanol–water partition coefficient (Wildman–Crippen LogP) is 3.04. The van der Waals surface area contributed by atoms with E-state index in [9.17, 15) is 0 Å². The lowest BCUT2D eigenvalue weighted by molar-refractivity contribution is -0.0817. The summed E-state index contributed by atoms with van der Waals surface area (Å²) in [5, 5.41) is 3.54. The Labute approximate surface area is 197 Å². The summed E-state index contributed by atoms with van der Waals surface area (Å²) in [6.45, 7) is 6.25. The fraction of sp³-hybridized carbons (Fsp3) is 0.727. The molecule has 0 aliphatic carbocycles. The fourth-order valence-corrected chi connectivity index (χ4v) is 4.55. The molecule has 2 unspecified atom stereocenters. The van der Waals surface area contributed by atoms with Gasteiger partial charge in [0.25, 0.3) is 0 Å². The summed E-state index contributed by atoms with van der Waals surface area (Å²) in [5.41, 5.74) is 1.24. The standard InChI is InChI=1S/C22H35N5O2.HI/c1-23-22(27-12-14-29-20(17-27)19-7-6-13-28-19)25-16-18-8-9-24-21(15-18)26-10-4-2-3-5-11-26;/h8-9,15,19-20H,2-7,10-14,16-17H2,1H3,(H,23,25);1H. The van der Waals surface area contributed by atoms with Crippen molar-refractivity contribution in [2.75, 3.05) is 51.3 Å². The van der Waals surface area contributed by atoms with Crippen LogP contribution >= 0.6 is 24.0 Å². The van der Waals surface area contributed by atoms with E-state index in [0.29, 0.717) is 0 Å².